The third-order valence-corrected chi connectivity index (χ3v) is 5.62. The molecule has 2 aromatic carbocycles. The Bertz CT molecular complexity index is 974. The van der Waals surface area contributed by atoms with Crippen LogP contribution in [0.15, 0.2) is 48.5 Å². The summed E-state index contributed by atoms with van der Waals surface area (Å²) in [4.78, 5) is 36.4. The fraction of sp³-hybridized carbons (Fsp3) is 0.400. The fourth-order valence-electron chi connectivity index (χ4n) is 4.13. The third-order valence-electron chi connectivity index (χ3n) is 5.62. The molecule has 8 nitrogen and oxygen atoms in total. The Morgan fingerprint density at radius 2 is 1.61 bits per heavy atom. The van der Waals surface area contributed by atoms with E-state index in [1.807, 2.05) is 36.4 Å². The van der Waals surface area contributed by atoms with E-state index in [0.29, 0.717) is 0 Å². The first kappa shape index (κ1) is 24.3. The highest BCUT2D eigenvalue weighted by Gasteiger charge is 2.31. The molecule has 0 aromatic heterocycles. The van der Waals surface area contributed by atoms with Crippen LogP contribution in [0.25, 0.3) is 11.1 Å². The maximum atomic E-state index is 12.7. The van der Waals surface area contributed by atoms with Gasteiger partial charge in [-0.2, -0.15) is 0 Å². The van der Waals surface area contributed by atoms with Gasteiger partial charge in [0.15, 0.2) is 0 Å². The Labute approximate surface area is 193 Å². The van der Waals surface area contributed by atoms with Gasteiger partial charge in [0.05, 0.1) is 6.42 Å². The summed E-state index contributed by atoms with van der Waals surface area (Å²) in [6.07, 6.45) is -0.750. The summed E-state index contributed by atoms with van der Waals surface area (Å²) in [6.45, 7) is 3.59. The summed E-state index contributed by atoms with van der Waals surface area (Å²) >= 11 is 0. The summed E-state index contributed by atoms with van der Waals surface area (Å²) in [6, 6.07) is 15.1. The predicted octanol–water partition coefficient (Wildman–Crippen LogP) is 3.30. The maximum Gasteiger partial charge on any atom is 0.407 e. The van der Waals surface area contributed by atoms with Gasteiger partial charge >= 0.3 is 12.1 Å². The van der Waals surface area contributed by atoms with Gasteiger partial charge in [-0.15, -0.1) is 0 Å². The van der Waals surface area contributed by atoms with Gasteiger partial charge in [-0.3, -0.25) is 9.59 Å². The van der Waals surface area contributed by atoms with E-state index in [1.165, 1.54) is 7.11 Å². The van der Waals surface area contributed by atoms with Crippen molar-refractivity contribution in [2.24, 2.45) is 0 Å². The molecule has 2 amide bonds. The number of methoxy groups -OCH3 is 1. The SMILES string of the molecule is COCCC(NC(=O)OCC1c2ccccc2-c2ccccc21)C(=O)NC(C)(C)CC(=O)O. The molecule has 0 fully saturated rings. The van der Waals surface area contributed by atoms with E-state index in [0.717, 1.165) is 22.3 Å². The Kier molecular flexibility index (Phi) is 7.71. The van der Waals surface area contributed by atoms with Gasteiger partial charge in [0, 0.05) is 31.6 Å². The average Bonchev–Trinajstić information content (AvgIpc) is 3.07. The van der Waals surface area contributed by atoms with Crippen LogP contribution < -0.4 is 10.6 Å². The fourth-order valence-corrected chi connectivity index (χ4v) is 4.13. The van der Waals surface area contributed by atoms with Gasteiger partial charge in [0.25, 0.3) is 0 Å². The lowest BCUT2D eigenvalue weighted by Gasteiger charge is -2.27. The quantitative estimate of drug-likeness (QED) is 0.508. The minimum Gasteiger partial charge on any atom is -0.481 e. The number of hydrogen-bond donors (Lipinski definition) is 3. The minimum absolute atomic E-state index is 0.0936. The van der Waals surface area contributed by atoms with Crippen molar-refractivity contribution in [3.05, 3.63) is 59.7 Å². The molecule has 0 aliphatic heterocycles. The van der Waals surface area contributed by atoms with Gasteiger partial charge in [0.2, 0.25) is 5.91 Å². The van der Waals surface area contributed by atoms with Gasteiger partial charge in [-0.1, -0.05) is 48.5 Å². The Balaban J connectivity index is 1.65. The first-order valence-corrected chi connectivity index (χ1v) is 10.9. The van der Waals surface area contributed by atoms with Gasteiger partial charge in [0.1, 0.15) is 12.6 Å². The Morgan fingerprint density at radius 1 is 1.03 bits per heavy atom. The van der Waals surface area contributed by atoms with E-state index in [4.69, 9.17) is 14.6 Å². The molecule has 0 heterocycles. The van der Waals surface area contributed by atoms with E-state index < -0.39 is 29.6 Å². The normalized spacial score (nSPS) is 13.5. The summed E-state index contributed by atoms with van der Waals surface area (Å²) in [5.74, 6) is -1.62. The molecule has 1 unspecified atom stereocenters. The molecule has 8 heteroatoms. The van der Waals surface area contributed by atoms with Crippen molar-refractivity contribution in [1.29, 1.82) is 0 Å². The molecule has 0 saturated carbocycles. The standard InChI is InChI=1S/C25H30N2O6/c1-25(2,14-22(28)29)27-23(30)21(12-13-32-3)26-24(31)33-15-20-18-10-6-4-8-16(18)17-9-5-7-11-19(17)20/h4-11,20-21H,12-15H2,1-3H3,(H,26,31)(H,27,30)(H,28,29). The Morgan fingerprint density at radius 3 is 2.15 bits per heavy atom. The molecule has 3 N–H and O–H groups in total. The van der Waals surface area contributed by atoms with Crippen molar-refractivity contribution < 1.29 is 29.0 Å². The second-order valence-electron chi connectivity index (χ2n) is 8.75. The van der Waals surface area contributed by atoms with E-state index in [2.05, 4.69) is 22.8 Å². The zero-order chi connectivity index (χ0) is 24.0. The van der Waals surface area contributed by atoms with Crippen LogP contribution >= 0.6 is 0 Å². The first-order valence-electron chi connectivity index (χ1n) is 10.9. The van der Waals surface area contributed by atoms with Crippen molar-refractivity contribution in [2.45, 2.75) is 44.2 Å². The van der Waals surface area contributed by atoms with Crippen LogP contribution in [0.5, 0.6) is 0 Å². The van der Waals surface area contributed by atoms with Crippen LogP contribution in [0.3, 0.4) is 0 Å². The summed E-state index contributed by atoms with van der Waals surface area (Å²) < 4.78 is 10.6. The lowest BCUT2D eigenvalue weighted by molar-refractivity contribution is -0.138. The molecule has 33 heavy (non-hydrogen) atoms. The smallest absolute Gasteiger partial charge is 0.407 e. The number of carbonyl (C=O) groups excluding carboxylic acids is 2. The second-order valence-corrected chi connectivity index (χ2v) is 8.75. The number of alkyl carbamates (subject to hydrolysis) is 1. The predicted molar refractivity (Wildman–Crippen MR) is 123 cm³/mol. The van der Waals surface area contributed by atoms with Crippen molar-refractivity contribution in [2.75, 3.05) is 20.3 Å². The van der Waals surface area contributed by atoms with Crippen LogP contribution in [-0.2, 0) is 19.1 Å². The van der Waals surface area contributed by atoms with Crippen LogP contribution in [0.4, 0.5) is 4.79 Å². The highest BCUT2D eigenvalue weighted by molar-refractivity contribution is 5.86. The molecule has 1 aliphatic rings. The number of amides is 2. The summed E-state index contributed by atoms with van der Waals surface area (Å²) in [5, 5.41) is 14.3. The second kappa shape index (κ2) is 10.5. The van der Waals surface area contributed by atoms with E-state index in [9.17, 15) is 14.4 Å². The molecular weight excluding hydrogens is 424 g/mol. The average molecular weight is 455 g/mol. The summed E-state index contributed by atoms with van der Waals surface area (Å²) in [7, 11) is 1.50. The van der Waals surface area contributed by atoms with E-state index in [1.54, 1.807) is 13.8 Å². The number of carbonyl (C=O) groups is 3. The van der Waals surface area contributed by atoms with Gasteiger partial charge in [-0.05, 0) is 36.1 Å². The monoisotopic (exact) mass is 454 g/mol. The lowest BCUT2D eigenvalue weighted by Crippen LogP contribution is -2.54. The van der Waals surface area contributed by atoms with Crippen molar-refractivity contribution in [3.8, 4) is 11.1 Å². The topological polar surface area (TPSA) is 114 Å². The van der Waals surface area contributed by atoms with Gasteiger partial charge in [-0.25, -0.2) is 4.79 Å². The minimum atomic E-state index is -1.03. The molecule has 3 rings (SSSR count). The number of fused-ring (bicyclic) bond motifs is 3. The van der Waals surface area contributed by atoms with Crippen LogP contribution in [0, 0.1) is 0 Å². The molecule has 1 aliphatic carbocycles. The van der Waals surface area contributed by atoms with E-state index >= 15 is 0 Å². The van der Waals surface area contributed by atoms with Crippen molar-refractivity contribution >= 4 is 18.0 Å². The number of aliphatic carboxylic acids is 1. The molecule has 0 spiro atoms. The van der Waals surface area contributed by atoms with Gasteiger partial charge < -0.3 is 25.2 Å². The van der Waals surface area contributed by atoms with Crippen molar-refractivity contribution in [1.82, 2.24) is 10.6 Å². The molecule has 0 saturated heterocycles. The van der Waals surface area contributed by atoms with Crippen molar-refractivity contribution in [3.63, 3.8) is 0 Å². The number of hydrogen-bond acceptors (Lipinski definition) is 5. The summed E-state index contributed by atoms with van der Waals surface area (Å²) in [5.41, 5.74) is 3.46. The highest BCUT2D eigenvalue weighted by atomic mass is 16.5. The third kappa shape index (κ3) is 6.10. The molecule has 176 valence electrons. The zero-order valence-corrected chi connectivity index (χ0v) is 19.1. The zero-order valence-electron chi connectivity index (χ0n) is 19.1. The highest BCUT2D eigenvalue weighted by Crippen LogP contribution is 2.44. The number of carboxylic acid groups (broad SMARTS) is 1. The number of nitrogens with one attached hydrogen (secondary N) is 2. The first-order chi connectivity index (χ1) is 15.7. The number of rotatable bonds is 10. The molecular formula is C25H30N2O6. The Hall–Kier alpha value is -3.39. The molecule has 2 aromatic rings. The largest absolute Gasteiger partial charge is 0.481 e. The van der Waals surface area contributed by atoms with Crippen LogP contribution in [0.1, 0.15) is 43.7 Å². The molecule has 1 atom stereocenters. The number of ether oxygens (including phenoxy) is 2. The maximum absolute atomic E-state index is 12.7. The lowest BCUT2D eigenvalue weighted by atomic mass is 9.98. The van der Waals surface area contributed by atoms with Crippen LogP contribution in [0.2, 0.25) is 0 Å². The molecule has 0 bridgehead atoms. The molecule has 0 radical (unpaired) electrons. The number of benzene rings is 2. The van der Waals surface area contributed by atoms with E-state index in [-0.39, 0.29) is 32.0 Å². The number of carboxylic acids is 1. The van der Waals surface area contributed by atoms with Crippen LogP contribution in [-0.4, -0.2) is 55.0 Å².